The maximum Gasteiger partial charge on any atom is 0.416 e. The minimum atomic E-state index is -4.32. The number of hydrogen-bond acceptors (Lipinski definition) is 2. The van der Waals surface area contributed by atoms with Crippen LogP contribution in [0.5, 0.6) is 0 Å². The van der Waals surface area contributed by atoms with Gasteiger partial charge in [-0.2, -0.15) is 13.2 Å². The lowest BCUT2D eigenvalue weighted by atomic mass is 10.1. The van der Waals surface area contributed by atoms with Gasteiger partial charge < -0.3 is 5.73 Å². The Morgan fingerprint density at radius 1 is 1.08 bits per heavy atom. The van der Waals surface area contributed by atoms with Crippen molar-refractivity contribution in [3.05, 3.63) is 59.2 Å². The van der Waals surface area contributed by atoms with Crippen LogP contribution in [-0.4, -0.2) is 0 Å². The second-order valence-electron chi connectivity index (χ2n) is 5.92. The van der Waals surface area contributed by atoms with E-state index in [4.69, 9.17) is 5.73 Å². The molecular weight excluding hydrogens is 343 g/mol. The SMILES string of the molecule is CCCCC=Cc1ccc(N)cc1Sc1ccc(C(F)(F)F)cc1C. The first kappa shape index (κ1) is 19.4. The molecule has 0 fully saturated rings. The normalized spacial score (nSPS) is 12.0. The van der Waals surface area contributed by atoms with Crippen LogP contribution in [0.4, 0.5) is 18.9 Å². The van der Waals surface area contributed by atoms with Gasteiger partial charge in [0.2, 0.25) is 0 Å². The molecule has 2 rings (SSSR count). The van der Waals surface area contributed by atoms with Crippen molar-refractivity contribution in [1.82, 2.24) is 0 Å². The van der Waals surface area contributed by atoms with Gasteiger partial charge in [0.05, 0.1) is 5.56 Å². The first-order chi connectivity index (χ1) is 11.8. The number of unbranched alkanes of at least 4 members (excludes halogenated alkanes) is 2. The number of hydrogen-bond donors (Lipinski definition) is 1. The molecule has 0 radical (unpaired) electrons. The number of rotatable bonds is 6. The van der Waals surface area contributed by atoms with E-state index in [0.29, 0.717) is 11.3 Å². The maximum absolute atomic E-state index is 12.8. The zero-order chi connectivity index (χ0) is 18.4. The standard InChI is InChI=1S/C20H22F3NS/c1-3-4-5-6-7-15-8-10-17(24)13-19(15)25-18-11-9-16(12-14(18)2)20(21,22)23/h6-13H,3-5,24H2,1-2H3. The molecule has 0 aliphatic carbocycles. The Morgan fingerprint density at radius 2 is 1.84 bits per heavy atom. The summed E-state index contributed by atoms with van der Waals surface area (Å²) >= 11 is 1.44. The molecule has 0 spiro atoms. The highest BCUT2D eigenvalue weighted by Gasteiger charge is 2.30. The van der Waals surface area contributed by atoms with E-state index in [0.717, 1.165) is 40.7 Å². The molecule has 0 aliphatic heterocycles. The van der Waals surface area contributed by atoms with Crippen LogP contribution in [0.1, 0.15) is 42.9 Å². The molecule has 2 aromatic rings. The Balaban J connectivity index is 2.27. The third kappa shape index (κ3) is 5.56. The largest absolute Gasteiger partial charge is 0.416 e. The summed E-state index contributed by atoms with van der Waals surface area (Å²) in [6.45, 7) is 3.84. The average molecular weight is 365 g/mol. The molecule has 0 bridgehead atoms. The molecule has 0 saturated heterocycles. The van der Waals surface area contributed by atoms with E-state index in [-0.39, 0.29) is 0 Å². The second-order valence-corrected chi connectivity index (χ2v) is 7.01. The van der Waals surface area contributed by atoms with Gasteiger partial charge >= 0.3 is 6.18 Å². The van der Waals surface area contributed by atoms with E-state index in [9.17, 15) is 13.2 Å². The van der Waals surface area contributed by atoms with Gasteiger partial charge in [-0.15, -0.1) is 0 Å². The van der Waals surface area contributed by atoms with E-state index in [2.05, 4.69) is 19.1 Å². The van der Waals surface area contributed by atoms with Gasteiger partial charge in [0, 0.05) is 15.5 Å². The summed E-state index contributed by atoms with van der Waals surface area (Å²) in [4.78, 5) is 1.73. The summed E-state index contributed by atoms with van der Waals surface area (Å²) in [5, 5.41) is 0. The van der Waals surface area contributed by atoms with Crippen LogP contribution in [0.2, 0.25) is 0 Å². The van der Waals surface area contributed by atoms with Crippen molar-refractivity contribution in [3.63, 3.8) is 0 Å². The first-order valence-electron chi connectivity index (χ1n) is 8.23. The molecule has 134 valence electrons. The van der Waals surface area contributed by atoms with Crippen molar-refractivity contribution in [3.8, 4) is 0 Å². The molecule has 1 nitrogen and oxygen atoms in total. The van der Waals surface area contributed by atoms with Gasteiger partial charge in [0.25, 0.3) is 0 Å². The molecule has 2 N–H and O–H groups in total. The minimum Gasteiger partial charge on any atom is -0.399 e. The van der Waals surface area contributed by atoms with Crippen LogP contribution in [-0.2, 0) is 6.18 Å². The monoisotopic (exact) mass is 365 g/mol. The van der Waals surface area contributed by atoms with E-state index >= 15 is 0 Å². The van der Waals surface area contributed by atoms with Gasteiger partial charge in [0.1, 0.15) is 0 Å². The van der Waals surface area contributed by atoms with Crippen LogP contribution >= 0.6 is 11.8 Å². The molecule has 2 aromatic carbocycles. The highest BCUT2D eigenvalue weighted by molar-refractivity contribution is 7.99. The fourth-order valence-electron chi connectivity index (χ4n) is 2.37. The maximum atomic E-state index is 12.8. The van der Waals surface area contributed by atoms with Crippen molar-refractivity contribution >= 4 is 23.5 Å². The van der Waals surface area contributed by atoms with Crippen LogP contribution in [0.15, 0.2) is 52.3 Å². The first-order valence-corrected chi connectivity index (χ1v) is 9.04. The van der Waals surface area contributed by atoms with Crippen molar-refractivity contribution in [2.24, 2.45) is 0 Å². The molecule has 0 aliphatic rings. The lowest BCUT2D eigenvalue weighted by Gasteiger charge is -2.12. The predicted octanol–water partition coefficient (Wildman–Crippen LogP) is 6.95. The number of alkyl halides is 3. The zero-order valence-corrected chi connectivity index (χ0v) is 15.2. The van der Waals surface area contributed by atoms with Gasteiger partial charge in [-0.05, 0) is 54.8 Å². The second kappa shape index (κ2) is 8.48. The van der Waals surface area contributed by atoms with Crippen molar-refractivity contribution in [1.29, 1.82) is 0 Å². The quantitative estimate of drug-likeness (QED) is 0.443. The number of anilines is 1. The Hall–Kier alpha value is -1.88. The molecule has 0 saturated carbocycles. The van der Waals surface area contributed by atoms with E-state index in [1.165, 1.54) is 23.9 Å². The van der Waals surface area contributed by atoms with Crippen LogP contribution in [0, 0.1) is 6.92 Å². The Bertz CT molecular complexity index is 751. The molecular formula is C20H22F3NS. The molecule has 0 atom stereocenters. The third-order valence-corrected chi connectivity index (χ3v) is 5.03. The highest BCUT2D eigenvalue weighted by atomic mass is 32.2. The molecule has 0 aromatic heterocycles. The summed E-state index contributed by atoms with van der Waals surface area (Å²) in [6.07, 6.45) is 3.13. The Kier molecular flexibility index (Phi) is 6.59. The zero-order valence-electron chi connectivity index (χ0n) is 14.4. The number of benzene rings is 2. The van der Waals surface area contributed by atoms with Gasteiger partial charge in [-0.1, -0.05) is 49.7 Å². The summed E-state index contributed by atoms with van der Waals surface area (Å²) < 4.78 is 38.4. The minimum absolute atomic E-state index is 0.600. The van der Waals surface area contributed by atoms with Gasteiger partial charge in [-0.25, -0.2) is 0 Å². The Morgan fingerprint density at radius 3 is 2.48 bits per heavy atom. The van der Waals surface area contributed by atoms with Crippen LogP contribution < -0.4 is 5.73 Å². The Labute approximate surface area is 151 Å². The number of aryl methyl sites for hydroxylation is 1. The molecule has 25 heavy (non-hydrogen) atoms. The fourth-order valence-corrected chi connectivity index (χ4v) is 3.41. The smallest absolute Gasteiger partial charge is 0.399 e. The third-order valence-electron chi connectivity index (χ3n) is 3.78. The molecule has 0 heterocycles. The lowest BCUT2D eigenvalue weighted by Crippen LogP contribution is -2.05. The van der Waals surface area contributed by atoms with Gasteiger partial charge in [-0.3, -0.25) is 0 Å². The van der Waals surface area contributed by atoms with E-state index < -0.39 is 11.7 Å². The van der Waals surface area contributed by atoms with Gasteiger partial charge in [0.15, 0.2) is 0 Å². The van der Waals surface area contributed by atoms with Crippen LogP contribution in [0.25, 0.3) is 6.08 Å². The van der Waals surface area contributed by atoms with Crippen molar-refractivity contribution < 1.29 is 13.2 Å². The molecule has 0 unspecified atom stereocenters. The fraction of sp³-hybridized carbons (Fsp3) is 0.300. The summed E-state index contributed by atoms with van der Waals surface area (Å²) in [7, 11) is 0. The van der Waals surface area contributed by atoms with Crippen LogP contribution in [0.3, 0.4) is 0 Å². The number of allylic oxidation sites excluding steroid dienone is 1. The van der Waals surface area contributed by atoms with E-state index in [1.807, 2.05) is 18.2 Å². The lowest BCUT2D eigenvalue weighted by molar-refractivity contribution is -0.137. The number of halogens is 3. The van der Waals surface area contributed by atoms with Crippen molar-refractivity contribution in [2.75, 3.05) is 5.73 Å². The summed E-state index contributed by atoms with van der Waals surface area (Å²) in [5.74, 6) is 0. The number of nitrogens with two attached hydrogens (primary N) is 1. The average Bonchev–Trinajstić information content (AvgIpc) is 2.54. The summed E-state index contributed by atoms with van der Waals surface area (Å²) in [6, 6.07) is 9.48. The highest BCUT2D eigenvalue weighted by Crippen LogP contribution is 2.37. The molecule has 0 amide bonds. The van der Waals surface area contributed by atoms with Crippen molar-refractivity contribution in [2.45, 2.75) is 49.1 Å². The molecule has 5 heteroatoms. The van der Waals surface area contributed by atoms with E-state index in [1.54, 1.807) is 6.92 Å². The predicted molar refractivity (Wildman–Crippen MR) is 99.7 cm³/mol. The summed E-state index contributed by atoms with van der Waals surface area (Å²) in [5.41, 5.74) is 7.53. The topological polar surface area (TPSA) is 26.0 Å². The number of nitrogen functional groups attached to an aromatic ring is 1.